The summed E-state index contributed by atoms with van der Waals surface area (Å²) in [7, 11) is 0. The highest BCUT2D eigenvalue weighted by Gasteiger charge is 2.04. The molecule has 1 heterocycles. The molecule has 1 aromatic heterocycles. The van der Waals surface area contributed by atoms with Crippen LogP contribution in [0.25, 0.3) is 10.9 Å². The van der Waals surface area contributed by atoms with Crippen LogP contribution in [0.5, 0.6) is 0 Å². The molecule has 0 fully saturated rings. The van der Waals surface area contributed by atoms with Gasteiger partial charge in [-0.05, 0) is 35.9 Å². The SMILES string of the molecule is O=C(O)c1ccc(SCc2cccc3cccnc23)cc1. The summed E-state index contributed by atoms with van der Waals surface area (Å²) in [6.07, 6.45) is 1.80. The highest BCUT2D eigenvalue weighted by Crippen LogP contribution is 2.26. The van der Waals surface area contributed by atoms with Gasteiger partial charge < -0.3 is 5.11 Å². The maximum Gasteiger partial charge on any atom is 0.335 e. The van der Waals surface area contributed by atoms with Gasteiger partial charge in [0.15, 0.2) is 0 Å². The monoisotopic (exact) mass is 295 g/mol. The number of rotatable bonds is 4. The van der Waals surface area contributed by atoms with Gasteiger partial charge >= 0.3 is 5.97 Å². The van der Waals surface area contributed by atoms with Crippen molar-refractivity contribution in [2.45, 2.75) is 10.6 Å². The zero-order chi connectivity index (χ0) is 14.7. The Morgan fingerprint density at radius 2 is 1.81 bits per heavy atom. The first-order valence-corrected chi connectivity index (χ1v) is 7.51. The number of nitrogens with zero attached hydrogens (tertiary/aromatic N) is 1. The van der Waals surface area contributed by atoms with E-state index in [0.717, 1.165) is 21.6 Å². The molecule has 0 radical (unpaired) electrons. The van der Waals surface area contributed by atoms with E-state index in [-0.39, 0.29) is 0 Å². The molecule has 4 heteroatoms. The third-order valence-electron chi connectivity index (χ3n) is 3.21. The molecule has 0 aliphatic heterocycles. The van der Waals surface area contributed by atoms with E-state index in [0.29, 0.717) is 5.56 Å². The van der Waals surface area contributed by atoms with Gasteiger partial charge in [-0.25, -0.2) is 4.79 Å². The number of aromatic carboxylic acids is 1. The van der Waals surface area contributed by atoms with Gasteiger partial charge in [0, 0.05) is 22.2 Å². The van der Waals surface area contributed by atoms with Crippen molar-refractivity contribution in [3.05, 3.63) is 71.9 Å². The zero-order valence-corrected chi connectivity index (χ0v) is 12.0. The average molecular weight is 295 g/mol. The number of carboxylic acid groups (broad SMARTS) is 1. The molecular weight excluding hydrogens is 282 g/mol. The Balaban J connectivity index is 1.79. The quantitative estimate of drug-likeness (QED) is 0.732. The molecule has 3 aromatic rings. The van der Waals surface area contributed by atoms with Crippen LogP contribution >= 0.6 is 11.8 Å². The number of hydrogen-bond acceptors (Lipinski definition) is 3. The first-order chi connectivity index (χ1) is 10.2. The van der Waals surface area contributed by atoms with Crippen molar-refractivity contribution >= 4 is 28.6 Å². The topological polar surface area (TPSA) is 50.2 Å². The van der Waals surface area contributed by atoms with Crippen molar-refractivity contribution in [2.24, 2.45) is 0 Å². The summed E-state index contributed by atoms with van der Waals surface area (Å²) < 4.78 is 0. The number of fused-ring (bicyclic) bond motifs is 1. The largest absolute Gasteiger partial charge is 0.478 e. The zero-order valence-electron chi connectivity index (χ0n) is 11.2. The minimum absolute atomic E-state index is 0.311. The van der Waals surface area contributed by atoms with Gasteiger partial charge in [-0.2, -0.15) is 0 Å². The summed E-state index contributed by atoms with van der Waals surface area (Å²) in [6.45, 7) is 0. The van der Waals surface area contributed by atoms with Crippen molar-refractivity contribution in [2.75, 3.05) is 0 Å². The van der Waals surface area contributed by atoms with Gasteiger partial charge in [0.1, 0.15) is 0 Å². The summed E-state index contributed by atoms with van der Waals surface area (Å²) in [5.41, 5.74) is 2.52. The highest BCUT2D eigenvalue weighted by molar-refractivity contribution is 7.98. The Morgan fingerprint density at radius 3 is 2.57 bits per heavy atom. The molecule has 0 aliphatic rings. The summed E-state index contributed by atoms with van der Waals surface area (Å²) in [4.78, 5) is 16.3. The fourth-order valence-electron chi connectivity index (χ4n) is 2.14. The third-order valence-corrected chi connectivity index (χ3v) is 4.27. The van der Waals surface area contributed by atoms with E-state index in [4.69, 9.17) is 5.11 Å². The number of carbonyl (C=O) groups is 1. The molecule has 0 unspecified atom stereocenters. The number of para-hydroxylation sites is 1. The number of aromatic nitrogens is 1. The lowest BCUT2D eigenvalue weighted by atomic mass is 10.1. The summed E-state index contributed by atoms with van der Waals surface area (Å²) in [5, 5.41) is 10.0. The van der Waals surface area contributed by atoms with E-state index >= 15 is 0 Å². The van der Waals surface area contributed by atoms with Crippen LogP contribution in [-0.4, -0.2) is 16.1 Å². The molecule has 104 valence electrons. The Labute approximate surface area is 126 Å². The van der Waals surface area contributed by atoms with E-state index in [2.05, 4.69) is 23.2 Å². The Hall–Kier alpha value is -2.33. The molecule has 3 nitrogen and oxygen atoms in total. The summed E-state index contributed by atoms with van der Waals surface area (Å²) in [6, 6.07) is 17.1. The van der Waals surface area contributed by atoms with Crippen LogP contribution in [0.3, 0.4) is 0 Å². The lowest BCUT2D eigenvalue weighted by Crippen LogP contribution is -1.94. The number of benzene rings is 2. The lowest BCUT2D eigenvalue weighted by Gasteiger charge is -2.06. The first kappa shape index (κ1) is 13.6. The van der Waals surface area contributed by atoms with Crippen LogP contribution < -0.4 is 0 Å². The predicted octanol–water partition coefficient (Wildman–Crippen LogP) is 4.23. The van der Waals surface area contributed by atoms with E-state index in [1.807, 2.05) is 24.3 Å². The van der Waals surface area contributed by atoms with Gasteiger partial charge in [-0.3, -0.25) is 4.98 Å². The maximum atomic E-state index is 10.8. The molecule has 0 amide bonds. The number of thioether (sulfide) groups is 1. The molecule has 2 aromatic carbocycles. The van der Waals surface area contributed by atoms with Crippen molar-refractivity contribution in [3.8, 4) is 0 Å². The molecule has 1 N–H and O–H groups in total. The first-order valence-electron chi connectivity index (χ1n) is 6.53. The van der Waals surface area contributed by atoms with E-state index in [9.17, 15) is 4.79 Å². The predicted molar refractivity (Wildman–Crippen MR) is 84.7 cm³/mol. The number of hydrogen-bond donors (Lipinski definition) is 1. The smallest absolute Gasteiger partial charge is 0.335 e. The standard InChI is InChI=1S/C17H13NO2S/c19-17(20)13-6-8-15(9-7-13)21-11-14-4-1-3-12-5-2-10-18-16(12)14/h1-10H,11H2,(H,19,20). The third kappa shape index (κ3) is 3.06. The normalized spacial score (nSPS) is 10.7. The molecule has 0 saturated heterocycles. The van der Waals surface area contributed by atoms with Gasteiger partial charge in [0.05, 0.1) is 11.1 Å². The van der Waals surface area contributed by atoms with Gasteiger partial charge in [0.2, 0.25) is 0 Å². The number of carboxylic acids is 1. The van der Waals surface area contributed by atoms with Crippen molar-refractivity contribution in [3.63, 3.8) is 0 Å². The van der Waals surface area contributed by atoms with Crippen LogP contribution in [0.15, 0.2) is 65.7 Å². The molecule has 0 atom stereocenters. The second-order valence-corrected chi connectivity index (χ2v) is 5.66. The van der Waals surface area contributed by atoms with Crippen LogP contribution in [0.4, 0.5) is 0 Å². The van der Waals surface area contributed by atoms with Crippen molar-refractivity contribution in [1.82, 2.24) is 4.98 Å². The van der Waals surface area contributed by atoms with E-state index in [1.54, 1.807) is 30.1 Å². The van der Waals surface area contributed by atoms with Crippen molar-refractivity contribution in [1.29, 1.82) is 0 Å². The van der Waals surface area contributed by atoms with Crippen LogP contribution in [0, 0.1) is 0 Å². The second-order valence-electron chi connectivity index (χ2n) is 4.61. The van der Waals surface area contributed by atoms with Crippen LogP contribution in [0.2, 0.25) is 0 Å². The fourth-order valence-corrected chi connectivity index (χ4v) is 3.02. The lowest BCUT2D eigenvalue weighted by molar-refractivity contribution is 0.0697. The van der Waals surface area contributed by atoms with Gasteiger partial charge in [-0.15, -0.1) is 11.8 Å². The highest BCUT2D eigenvalue weighted by atomic mass is 32.2. The summed E-state index contributed by atoms with van der Waals surface area (Å²) in [5.74, 6) is -0.0920. The average Bonchev–Trinajstić information content (AvgIpc) is 2.53. The fraction of sp³-hybridized carbons (Fsp3) is 0.0588. The Kier molecular flexibility index (Phi) is 3.88. The molecule has 0 bridgehead atoms. The van der Waals surface area contributed by atoms with E-state index in [1.165, 1.54) is 5.56 Å². The number of pyridine rings is 1. The summed E-state index contributed by atoms with van der Waals surface area (Å²) >= 11 is 1.68. The Morgan fingerprint density at radius 1 is 1.05 bits per heavy atom. The minimum atomic E-state index is -0.898. The minimum Gasteiger partial charge on any atom is -0.478 e. The molecule has 0 spiro atoms. The van der Waals surface area contributed by atoms with E-state index < -0.39 is 5.97 Å². The van der Waals surface area contributed by atoms with Crippen LogP contribution in [0.1, 0.15) is 15.9 Å². The molecule has 21 heavy (non-hydrogen) atoms. The van der Waals surface area contributed by atoms with Crippen LogP contribution in [-0.2, 0) is 5.75 Å². The molecule has 0 saturated carbocycles. The maximum absolute atomic E-state index is 10.8. The van der Waals surface area contributed by atoms with Crippen molar-refractivity contribution < 1.29 is 9.90 Å². The molecule has 0 aliphatic carbocycles. The van der Waals surface area contributed by atoms with Gasteiger partial charge in [-0.1, -0.05) is 24.3 Å². The molecule has 3 rings (SSSR count). The Bertz CT molecular complexity index is 779. The van der Waals surface area contributed by atoms with Gasteiger partial charge in [0.25, 0.3) is 0 Å². The molecular formula is C17H13NO2S. The second kappa shape index (κ2) is 5.97.